The van der Waals surface area contributed by atoms with Crippen LogP contribution in [-0.2, 0) is 6.42 Å². The van der Waals surface area contributed by atoms with Crippen molar-refractivity contribution >= 4 is 0 Å². The number of hydrogen-bond donors (Lipinski definition) is 2. The Bertz CT molecular complexity index is 327. The number of aryl methyl sites for hydroxylation is 1. The molecular weight excluding hydrogens is 188 g/mol. The van der Waals surface area contributed by atoms with Gasteiger partial charge in [0, 0.05) is 18.8 Å². The van der Waals surface area contributed by atoms with Crippen LogP contribution < -0.4 is 5.32 Å². The number of aromatic nitrogens is 1. The standard InChI is InChI=1S/C12H18N2O/c1-9(6-8-15)14-11-5-4-10-3-2-7-13-12(10)11/h2-3,7,9,11,14-15H,4-6,8H2,1H3. The lowest BCUT2D eigenvalue weighted by atomic mass is 10.1. The van der Waals surface area contributed by atoms with E-state index in [-0.39, 0.29) is 6.61 Å². The van der Waals surface area contributed by atoms with Crippen LogP contribution in [0.25, 0.3) is 0 Å². The van der Waals surface area contributed by atoms with Gasteiger partial charge in [-0.3, -0.25) is 4.98 Å². The summed E-state index contributed by atoms with van der Waals surface area (Å²) in [5.74, 6) is 0. The Hall–Kier alpha value is -0.930. The van der Waals surface area contributed by atoms with E-state index in [9.17, 15) is 0 Å². The Morgan fingerprint density at radius 3 is 3.33 bits per heavy atom. The quantitative estimate of drug-likeness (QED) is 0.783. The van der Waals surface area contributed by atoms with Gasteiger partial charge in [-0.25, -0.2) is 0 Å². The summed E-state index contributed by atoms with van der Waals surface area (Å²) in [6, 6.07) is 4.88. The number of pyridine rings is 1. The molecule has 3 nitrogen and oxygen atoms in total. The minimum atomic E-state index is 0.246. The van der Waals surface area contributed by atoms with Crippen molar-refractivity contribution < 1.29 is 5.11 Å². The first kappa shape index (κ1) is 10.6. The molecule has 2 N–H and O–H groups in total. The highest BCUT2D eigenvalue weighted by Gasteiger charge is 2.24. The highest BCUT2D eigenvalue weighted by atomic mass is 16.3. The maximum atomic E-state index is 8.85. The van der Waals surface area contributed by atoms with Crippen LogP contribution in [0, 0.1) is 0 Å². The monoisotopic (exact) mass is 206 g/mol. The number of fused-ring (bicyclic) bond motifs is 1. The molecule has 0 aromatic carbocycles. The van der Waals surface area contributed by atoms with E-state index in [0.29, 0.717) is 12.1 Å². The van der Waals surface area contributed by atoms with E-state index in [0.717, 1.165) is 19.3 Å². The molecule has 0 saturated heterocycles. The average Bonchev–Trinajstić information content (AvgIpc) is 2.62. The highest BCUT2D eigenvalue weighted by molar-refractivity contribution is 5.27. The molecule has 1 aromatic heterocycles. The molecule has 1 aromatic rings. The largest absolute Gasteiger partial charge is 0.396 e. The first-order valence-corrected chi connectivity index (χ1v) is 5.62. The van der Waals surface area contributed by atoms with E-state index in [1.54, 1.807) is 0 Å². The molecule has 1 heterocycles. The first-order valence-electron chi connectivity index (χ1n) is 5.62. The van der Waals surface area contributed by atoms with Gasteiger partial charge in [-0.1, -0.05) is 6.07 Å². The second-order valence-corrected chi connectivity index (χ2v) is 4.22. The molecule has 0 saturated carbocycles. The second-order valence-electron chi connectivity index (χ2n) is 4.22. The van der Waals surface area contributed by atoms with Crippen LogP contribution in [-0.4, -0.2) is 22.7 Å². The molecule has 3 heteroatoms. The molecule has 0 fully saturated rings. The number of nitrogens with one attached hydrogen (secondary N) is 1. The maximum absolute atomic E-state index is 8.85. The lowest BCUT2D eigenvalue weighted by Gasteiger charge is -2.18. The topological polar surface area (TPSA) is 45.1 Å². The zero-order valence-electron chi connectivity index (χ0n) is 9.11. The summed E-state index contributed by atoms with van der Waals surface area (Å²) in [5.41, 5.74) is 2.56. The van der Waals surface area contributed by atoms with E-state index in [4.69, 9.17) is 5.11 Å². The van der Waals surface area contributed by atoms with Crippen LogP contribution in [0.1, 0.15) is 37.1 Å². The number of nitrogens with zero attached hydrogens (tertiary/aromatic N) is 1. The molecule has 2 atom stereocenters. The normalized spacial score (nSPS) is 21.3. The predicted octanol–water partition coefficient (Wildman–Crippen LogP) is 1.43. The van der Waals surface area contributed by atoms with Gasteiger partial charge in [0.05, 0.1) is 11.7 Å². The van der Waals surface area contributed by atoms with E-state index in [2.05, 4.69) is 23.3 Å². The van der Waals surface area contributed by atoms with E-state index >= 15 is 0 Å². The summed E-state index contributed by atoms with van der Waals surface area (Å²) < 4.78 is 0. The van der Waals surface area contributed by atoms with Crippen molar-refractivity contribution in [1.29, 1.82) is 0 Å². The molecule has 0 amide bonds. The Morgan fingerprint density at radius 2 is 2.53 bits per heavy atom. The van der Waals surface area contributed by atoms with Gasteiger partial charge in [0.15, 0.2) is 0 Å². The van der Waals surface area contributed by atoms with Gasteiger partial charge in [-0.2, -0.15) is 0 Å². The van der Waals surface area contributed by atoms with Gasteiger partial charge in [0.2, 0.25) is 0 Å². The molecule has 2 unspecified atom stereocenters. The smallest absolute Gasteiger partial charge is 0.0605 e. The lowest BCUT2D eigenvalue weighted by Crippen LogP contribution is -2.30. The van der Waals surface area contributed by atoms with Crippen molar-refractivity contribution in [2.24, 2.45) is 0 Å². The molecule has 15 heavy (non-hydrogen) atoms. The van der Waals surface area contributed by atoms with Crippen LogP contribution >= 0.6 is 0 Å². The Labute approximate surface area is 90.5 Å². The maximum Gasteiger partial charge on any atom is 0.0605 e. The SMILES string of the molecule is CC(CCO)NC1CCc2cccnc21. The number of rotatable bonds is 4. The fraction of sp³-hybridized carbons (Fsp3) is 0.583. The first-order chi connectivity index (χ1) is 7.31. The number of aliphatic hydroxyl groups excluding tert-OH is 1. The zero-order chi connectivity index (χ0) is 10.7. The fourth-order valence-corrected chi connectivity index (χ4v) is 2.20. The fourth-order valence-electron chi connectivity index (χ4n) is 2.20. The minimum absolute atomic E-state index is 0.246. The summed E-state index contributed by atoms with van der Waals surface area (Å²) in [4.78, 5) is 4.43. The van der Waals surface area contributed by atoms with Gasteiger partial charge in [-0.15, -0.1) is 0 Å². The van der Waals surface area contributed by atoms with Crippen molar-refractivity contribution in [2.75, 3.05) is 6.61 Å². The van der Waals surface area contributed by atoms with Gasteiger partial charge >= 0.3 is 0 Å². The predicted molar refractivity (Wildman–Crippen MR) is 59.6 cm³/mol. The Morgan fingerprint density at radius 1 is 1.67 bits per heavy atom. The Balaban J connectivity index is 2.01. The van der Waals surface area contributed by atoms with Crippen LogP contribution in [0.2, 0.25) is 0 Å². The average molecular weight is 206 g/mol. The molecule has 1 aliphatic rings. The summed E-state index contributed by atoms with van der Waals surface area (Å²) >= 11 is 0. The highest BCUT2D eigenvalue weighted by Crippen LogP contribution is 2.29. The van der Waals surface area contributed by atoms with Crippen molar-refractivity contribution in [3.8, 4) is 0 Å². The molecular formula is C12H18N2O. The van der Waals surface area contributed by atoms with Crippen LogP contribution in [0.15, 0.2) is 18.3 Å². The van der Waals surface area contributed by atoms with Crippen LogP contribution in [0.5, 0.6) is 0 Å². The summed E-state index contributed by atoms with van der Waals surface area (Å²) in [6.45, 7) is 2.35. The molecule has 1 aliphatic carbocycles. The molecule has 0 radical (unpaired) electrons. The third-order valence-electron chi connectivity index (χ3n) is 3.01. The summed E-state index contributed by atoms with van der Waals surface area (Å²) in [5, 5.41) is 12.4. The van der Waals surface area contributed by atoms with E-state index in [1.165, 1.54) is 11.3 Å². The summed E-state index contributed by atoms with van der Waals surface area (Å²) in [7, 11) is 0. The van der Waals surface area contributed by atoms with Crippen molar-refractivity contribution in [1.82, 2.24) is 10.3 Å². The third kappa shape index (κ3) is 2.36. The molecule has 0 aliphatic heterocycles. The second kappa shape index (κ2) is 4.73. The van der Waals surface area contributed by atoms with Crippen molar-refractivity contribution in [3.05, 3.63) is 29.6 Å². The van der Waals surface area contributed by atoms with Gasteiger partial charge in [-0.05, 0) is 37.8 Å². The molecule has 2 rings (SSSR count). The Kier molecular flexibility index (Phi) is 3.34. The van der Waals surface area contributed by atoms with E-state index in [1.807, 2.05) is 12.3 Å². The number of hydrogen-bond acceptors (Lipinski definition) is 3. The minimum Gasteiger partial charge on any atom is -0.396 e. The van der Waals surface area contributed by atoms with Gasteiger partial charge in [0.25, 0.3) is 0 Å². The van der Waals surface area contributed by atoms with Crippen molar-refractivity contribution in [2.45, 2.75) is 38.3 Å². The van der Waals surface area contributed by atoms with Crippen LogP contribution in [0.3, 0.4) is 0 Å². The zero-order valence-corrected chi connectivity index (χ0v) is 9.11. The summed E-state index contributed by atoms with van der Waals surface area (Å²) in [6.07, 6.45) is 4.91. The van der Waals surface area contributed by atoms with Crippen LogP contribution in [0.4, 0.5) is 0 Å². The molecule has 0 bridgehead atoms. The van der Waals surface area contributed by atoms with Gasteiger partial charge in [0.1, 0.15) is 0 Å². The van der Waals surface area contributed by atoms with E-state index < -0.39 is 0 Å². The third-order valence-corrected chi connectivity index (χ3v) is 3.01. The lowest BCUT2D eigenvalue weighted by molar-refractivity contribution is 0.262. The van der Waals surface area contributed by atoms with Gasteiger partial charge < -0.3 is 10.4 Å². The molecule has 82 valence electrons. The number of aliphatic hydroxyl groups is 1. The van der Waals surface area contributed by atoms with Crippen molar-refractivity contribution in [3.63, 3.8) is 0 Å². The molecule has 0 spiro atoms.